The number of nitrogens with zero attached hydrogens (tertiary/aromatic N) is 6. The van der Waals surface area contributed by atoms with Crippen molar-refractivity contribution in [1.29, 1.82) is 0 Å². The van der Waals surface area contributed by atoms with Gasteiger partial charge in [-0.05, 0) is 43.7 Å². The van der Waals surface area contributed by atoms with Crippen molar-refractivity contribution in [2.45, 2.75) is 0 Å². The average Bonchev–Trinajstić information content (AvgIpc) is 3.62. The minimum absolute atomic E-state index is 0.588. The molecule has 0 aliphatic rings. The second-order valence-corrected chi connectivity index (χ2v) is 9.18. The lowest BCUT2D eigenvalue weighted by atomic mass is 10.1. The van der Waals surface area contributed by atoms with Gasteiger partial charge in [-0.2, -0.15) is 16.4 Å². The van der Waals surface area contributed by atoms with Gasteiger partial charge in [0.15, 0.2) is 5.82 Å². The highest BCUT2D eigenvalue weighted by molar-refractivity contribution is 7.08. The van der Waals surface area contributed by atoms with Gasteiger partial charge in [0.25, 0.3) is 0 Å². The Morgan fingerprint density at radius 1 is 1.00 bits per heavy atom. The van der Waals surface area contributed by atoms with E-state index in [4.69, 9.17) is 9.72 Å². The summed E-state index contributed by atoms with van der Waals surface area (Å²) in [5, 5.41) is 12.6. The number of hydrogen-bond acceptors (Lipinski definition) is 8. The van der Waals surface area contributed by atoms with Gasteiger partial charge in [0.2, 0.25) is 0 Å². The zero-order chi connectivity index (χ0) is 23.8. The zero-order valence-electron chi connectivity index (χ0n) is 19.2. The van der Waals surface area contributed by atoms with Crippen molar-refractivity contribution in [1.82, 2.24) is 40.0 Å². The molecular formula is C25H22N8OS. The molecule has 0 fully saturated rings. The van der Waals surface area contributed by atoms with Crippen molar-refractivity contribution in [2.75, 3.05) is 27.2 Å². The molecule has 174 valence electrons. The number of thiophene rings is 1. The molecule has 0 atom stereocenters. The van der Waals surface area contributed by atoms with Crippen LogP contribution in [0.25, 0.3) is 56.0 Å². The summed E-state index contributed by atoms with van der Waals surface area (Å²) < 4.78 is 5.85. The molecule has 0 aliphatic heterocycles. The monoisotopic (exact) mass is 482 g/mol. The lowest BCUT2D eigenvalue weighted by Gasteiger charge is -2.11. The van der Waals surface area contributed by atoms with Crippen LogP contribution in [0, 0.1) is 0 Å². The minimum Gasteiger partial charge on any atom is -0.491 e. The summed E-state index contributed by atoms with van der Waals surface area (Å²) in [5.41, 5.74) is 6.83. The molecule has 0 amide bonds. The van der Waals surface area contributed by atoms with Gasteiger partial charge in [-0.1, -0.05) is 0 Å². The van der Waals surface area contributed by atoms with Gasteiger partial charge < -0.3 is 14.6 Å². The molecule has 0 spiro atoms. The molecule has 2 N–H and O–H groups in total. The molecule has 0 aromatic carbocycles. The highest BCUT2D eigenvalue weighted by atomic mass is 32.1. The van der Waals surface area contributed by atoms with Crippen LogP contribution < -0.4 is 4.74 Å². The molecule has 6 heterocycles. The number of hydrogen-bond donors (Lipinski definition) is 2. The third-order valence-electron chi connectivity index (χ3n) is 5.68. The SMILES string of the molecule is CN(C)CCOc1cncc(-c2cc3c(-c4nc5c(-c6ccsc6)nccc5[nH]4)n[nH]c3cn2)c1. The van der Waals surface area contributed by atoms with Gasteiger partial charge in [-0.3, -0.25) is 20.1 Å². The lowest BCUT2D eigenvalue weighted by Crippen LogP contribution is -2.19. The molecule has 0 saturated carbocycles. The minimum atomic E-state index is 0.588. The number of nitrogens with one attached hydrogen (secondary N) is 2. The molecule has 9 nitrogen and oxygen atoms in total. The predicted molar refractivity (Wildman–Crippen MR) is 137 cm³/mol. The number of rotatable bonds is 7. The maximum Gasteiger partial charge on any atom is 0.159 e. The molecule has 0 unspecified atom stereocenters. The quantitative estimate of drug-likeness (QED) is 0.342. The van der Waals surface area contributed by atoms with Gasteiger partial charge >= 0.3 is 0 Å². The van der Waals surface area contributed by atoms with Crippen LogP contribution in [0.2, 0.25) is 0 Å². The summed E-state index contributed by atoms with van der Waals surface area (Å²) in [6.45, 7) is 1.42. The molecule has 6 rings (SSSR count). The summed E-state index contributed by atoms with van der Waals surface area (Å²) >= 11 is 1.64. The summed E-state index contributed by atoms with van der Waals surface area (Å²) in [6, 6.07) is 7.93. The molecule has 0 saturated heterocycles. The van der Waals surface area contributed by atoms with E-state index >= 15 is 0 Å². The smallest absolute Gasteiger partial charge is 0.159 e. The van der Waals surface area contributed by atoms with E-state index in [1.165, 1.54) is 0 Å². The van der Waals surface area contributed by atoms with E-state index in [2.05, 4.69) is 46.5 Å². The Balaban J connectivity index is 1.38. The van der Waals surface area contributed by atoms with Crippen LogP contribution in [0.5, 0.6) is 5.75 Å². The van der Waals surface area contributed by atoms with Crippen molar-refractivity contribution in [3.63, 3.8) is 0 Å². The summed E-state index contributed by atoms with van der Waals surface area (Å²) in [4.78, 5) is 23.9. The Morgan fingerprint density at radius 3 is 2.80 bits per heavy atom. The Kier molecular flexibility index (Phi) is 5.44. The number of likely N-dealkylation sites (N-methyl/N-ethyl adjacent to an activating group) is 1. The van der Waals surface area contributed by atoms with Gasteiger partial charge in [-0.15, -0.1) is 0 Å². The second-order valence-electron chi connectivity index (χ2n) is 8.40. The molecule has 10 heteroatoms. The fourth-order valence-electron chi connectivity index (χ4n) is 3.90. The molecule has 35 heavy (non-hydrogen) atoms. The fourth-order valence-corrected chi connectivity index (χ4v) is 4.54. The van der Waals surface area contributed by atoms with Crippen molar-refractivity contribution >= 4 is 33.3 Å². The number of fused-ring (bicyclic) bond motifs is 2. The summed E-state index contributed by atoms with van der Waals surface area (Å²) in [7, 11) is 4.03. The van der Waals surface area contributed by atoms with Gasteiger partial charge in [0.05, 0.1) is 34.8 Å². The van der Waals surface area contributed by atoms with Crippen LogP contribution in [0.4, 0.5) is 0 Å². The largest absolute Gasteiger partial charge is 0.491 e. The molecule has 6 aromatic heterocycles. The van der Waals surface area contributed by atoms with Crippen LogP contribution in [0.1, 0.15) is 0 Å². The number of H-pyrrole nitrogens is 2. The maximum absolute atomic E-state index is 5.85. The first-order valence-corrected chi connectivity index (χ1v) is 12.0. The van der Waals surface area contributed by atoms with E-state index in [1.807, 2.05) is 37.7 Å². The van der Waals surface area contributed by atoms with Crippen LogP contribution in [0.3, 0.4) is 0 Å². The second kappa shape index (κ2) is 8.90. The molecule has 6 aromatic rings. The van der Waals surface area contributed by atoms with Gasteiger partial charge in [0, 0.05) is 40.8 Å². The molecule has 0 aliphatic carbocycles. The molecular weight excluding hydrogens is 460 g/mol. The van der Waals surface area contributed by atoms with E-state index in [1.54, 1.807) is 36.1 Å². The summed E-state index contributed by atoms with van der Waals surface area (Å²) in [5.74, 6) is 1.39. The normalized spacial score (nSPS) is 11.6. The van der Waals surface area contributed by atoms with E-state index in [0.717, 1.165) is 56.7 Å². The Morgan fingerprint density at radius 2 is 1.94 bits per heavy atom. The van der Waals surface area contributed by atoms with Crippen LogP contribution in [-0.4, -0.2) is 67.3 Å². The fraction of sp³-hybridized carbons (Fsp3) is 0.160. The van der Waals surface area contributed by atoms with Crippen LogP contribution >= 0.6 is 11.3 Å². The Bertz CT molecular complexity index is 1620. The first-order valence-electron chi connectivity index (χ1n) is 11.1. The Hall–Kier alpha value is -4.15. The number of aromatic nitrogens is 7. The zero-order valence-corrected chi connectivity index (χ0v) is 20.0. The Labute approximate surface area is 204 Å². The van der Waals surface area contributed by atoms with Crippen molar-refractivity contribution in [2.24, 2.45) is 0 Å². The van der Waals surface area contributed by atoms with Crippen molar-refractivity contribution < 1.29 is 4.74 Å². The van der Waals surface area contributed by atoms with E-state index in [0.29, 0.717) is 18.2 Å². The first kappa shape index (κ1) is 21.4. The van der Waals surface area contributed by atoms with Gasteiger partial charge in [0.1, 0.15) is 23.6 Å². The maximum atomic E-state index is 5.85. The van der Waals surface area contributed by atoms with Crippen LogP contribution in [-0.2, 0) is 0 Å². The highest BCUT2D eigenvalue weighted by Gasteiger charge is 2.17. The van der Waals surface area contributed by atoms with Crippen molar-refractivity contribution in [3.05, 3.63) is 59.8 Å². The average molecular weight is 483 g/mol. The lowest BCUT2D eigenvalue weighted by molar-refractivity contribution is 0.261. The standard InChI is InChI=1S/C25H22N8OS/c1-33(2)6-7-34-17-9-16(11-26-12-17)20-10-18-21(13-28-20)31-32-23(18)25-29-19-3-5-27-22(24(19)30-25)15-4-8-35-14-15/h3-5,8-14H,6-7H2,1-2H3,(H,29,30)(H,31,32). The highest BCUT2D eigenvalue weighted by Crippen LogP contribution is 2.32. The predicted octanol–water partition coefficient (Wildman–Crippen LogP) is 4.63. The number of pyridine rings is 3. The van der Waals surface area contributed by atoms with E-state index < -0.39 is 0 Å². The van der Waals surface area contributed by atoms with Crippen LogP contribution in [0.15, 0.2) is 59.8 Å². The number of ether oxygens (including phenoxy) is 1. The first-order chi connectivity index (χ1) is 17.2. The third kappa shape index (κ3) is 4.13. The van der Waals surface area contributed by atoms with E-state index in [-0.39, 0.29) is 0 Å². The molecule has 0 bridgehead atoms. The number of imidazole rings is 1. The topological polar surface area (TPSA) is 109 Å². The van der Waals surface area contributed by atoms with Gasteiger partial charge in [-0.25, -0.2) is 4.98 Å². The van der Waals surface area contributed by atoms with E-state index in [9.17, 15) is 0 Å². The van der Waals surface area contributed by atoms with Crippen molar-refractivity contribution in [3.8, 4) is 39.8 Å². The molecule has 0 radical (unpaired) electrons. The third-order valence-corrected chi connectivity index (χ3v) is 6.37. The summed E-state index contributed by atoms with van der Waals surface area (Å²) in [6.07, 6.45) is 7.07. The number of aromatic amines is 2.